The number of amides is 1. The van der Waals surface area contributed by atoms with E-state index < -0.39 is 0 Å². The first-order valence-corrected chi connectivity index (χ1v) is 6.05. The van der Waals surface area contributed by atoms with E-state index in [2.05, 4.69) is 6.92 Å². The number of hydrogen-bond donors (Lipinski definition) is 0. The summed E-state index contributed by atoms with van der Waals surface area (Å²) in [5.74, 6) is 0.478. The van der Waals surface area contributed by atoms with Crippen molar-refractivity contribution in [2.45, 2.75) is 25.8 Å². The lowest BCUT2D eigenvalue weighted by atomic mass is 10.2. The van der Waals surface area contributed by atoms with Crippen molar-refractivity contribution in [2.75, 3.05) is 6.54 Å². The van der Waals surface area contributed by atoms with Crippen LogP contribution in [0, 0.1) is 0 Å². The van der Waals surface area contributed by atoms with Gasteiger partial charge in [-0.2, -0.15) is 0 Å². The second-order valence-corrected chi connectivity index (χ2v) is 4.64. The van der Waals surface area contributed by atoms with Crippen LogP contribution in [0.1, 0.15) is 30.3 Å². The van der Waals surface area contributed by atoms with Gasteiger partial charge in [-0.1, -0.05) is 18.2 Å². The van der Waals surface area contributed by atoms with Crippen LogP contribution < -0.4 is 0 Å². The van der Waals surface area contributed by atoms with Crippen molar-refractivity contribution in [1.82, 2.24) is 4.90 Å². The summed E-state index contributed by atoms with van der Waals surface area (Å²) < 4.78 is 5.60. The zero-order valence-electron chi connectivity index (χ0n) is 9.85. The lowest BCUT2D eigenvalue weighted by Gasteiger charge is -2.19. The van der Waals surface area contributed by atoms with Crippen LogP contribution >= 0.6 is 0 Å². The summed E-state index contributed by atoms with van der Waals surface area (Å²) in [6, 6.07) is 9.88. The molecule has 3 heteroatoms. The fraction of sp³-hybridized carbons (Fsp3) is 0.357. The van der Waals surface area contributed by atoms with Crippen LogP contribution in [-0.2, 0) is 0 Å². The summed E-state index contributed by atoms with van der Waals surface area (Å²) in [6.07, 6.45) is 2.18. The van der Waals surface area contributed by atoms with E-state index in [1.54, 1.807) is 0 Å². The summed E-state index contributed by atoms with van der Waals surface area (Å²) in [5.41, 5.74) is 0.780. The van der Waals surface area contributed by atoms with E-state index in [0.29, 0.717) is 11.8 Å². The molecule has 0 unspecified atom stereocenters. The number of para-hydroxylation sites is 1. The first kappa shape index (κ1) is 10.4. The van der Waals surface area contributed by atoms with Gasteiger partial charge < -0.3 is 9.32 Å². The molecule has 1 aliphatic heterocycles. The van der Waals surface area contributed by atoms with Gasteiger partial charge in [0.25, 0.3) is 5.91 Å². The highest BCUT2D eigenvalue weighted by Gasteiger charge is 2.27. The highest BCUT2D eigenvalue weighted by molar-refractivity contribution is 5.96. The van der Waals surface area contributed by atoms with Crippen molar-refractivity contribution >= 4 is 16.9 Å². The zero-order chi connectivity index (χ0) is 11.8. The molecule has 0 radical (unpaired) electrons. The van der Waals surface area contributed by atoms with E-state index in [9.17, 15) is 4.79 Å². The Balaban J connectivity index is 1.95. The van der Waals surface area contributed by atoms with Crippen LogP contribution in [0.2, 0.25) is 0 Å². The molecule has 2 aromatic rings. The number of carbonyl (C=O) groups is 1. The molecule has 0 saturated carbocycles. The van der Waals surface area contributed by atoms with Gasteiger partial charge in [-0.3, -0.25) is 4.79 Å². The molecular weight excluding hydrogens is 214 g/mol. The van der Waals surface area contributed by atoms with E-state index in [0.717, 1.165) is 30.4 Å². The van der Waals surface area contributed by atoms with Crippen molar-refractivity contribution in [3.05, 3.63) is 36.1 Å². The summed E-state index contributed by atoms with van der Waals surface area (Å²) in [5, 5.41) is 0.989. The molecular formula is C14H15NO2. The standard InChI is InChI=1S/C14H15NO2/c1-10-5-4-8-15(10)14(16)13-9-11-6-2-3-7-12(11)17-13/h2-3,6-7,9-10H,4-5,8H2,1H3/t10-/m0/s1. The Morgan fingerprint density at radius 2 is 2.24 bits per heavy atom. The highest BCUT2D eigenvalue weighted by atomic mass is 16.3. The lowest BCUT2D eigenvalue weighted by Crippen LogP contribution is -2.33. The van der Waals surface area contributed by atoms with Crippen LogP contribution in [0.25, 0.3) is 11.0 Å². The number of rotatable bonds is 1. The van der Waals surface area contributed by atoms with Gasteiger partial charge in [-0.25, -0.2) is 0 Å². The largest absolute Gasteiger partial charge is 0.451 e. The highest BCUT2D eigenvalue weighted by Crippen LogP contribution is 2.24. The Morgan fingerprint density at radius 3 is 2.94 bits per heavy atom. The molecule has 0 bridgehead atoms. The summed E-state index contributed by atoms with van der Waals surface area (Å²) in [6.45, 7) is 2.94. The molecule has 0 spiro atoms. The van der Waals surface area contributed by atoms with Gasteiger partial charge in [-0.05, 0) is 31.9 Å². The molecule has 88 valence electrons. The fourth-order valence-electron chi connectivity index (χ4n) is 2.46. The van der Waals surface area contributed by atoms with Gasteiger partial charge in [-0.15, -0.1) is 0 Å². The number of hydrogen-bond acceptors (Lipinski definition) is 2. The Labute approximate surface area is 100 Å². The molecule has 1 atom stereocenters. The number of likely N-dealkylation sites (tertiary alicyclic amines) is 1. The number of fused-ring (bicyclic) bond motifs is 1. The second-order valence-electron chi connectivity index (χ2n) is 4.64. The molecule has 2 heterocycles. The molecule has 1 amide bonds. The van der Waals surface area contributed by atoms with Crippen molar-refractivity contribution in [2.24, 2.45) is 0 Å². The van der Waals surface area contributed by atoms with Gasteiger partial charge in [0, 0.05) is 18.0 Å². The Kier molecular flexibility index (Phi) is 2.39. The van der Waals surface area contributed by atoms with Gasteiger partial charge in [0.15, 0.2) is 5.76 Å². The van der Waals surface area contributed by atoms with Gasteiger partial charge >= 0.3 is 0 Å². The van der Waals surface area contributed by atoms with Crippen LogP contribution in [0.4, 0.5) is 0 Å². The minimum absolute atomic E-state index is 0.0196. The Bertz CT molecular complexity index is 525. The van der Waals surface area contributed by atoms with E-state index in [1.807, 2.05) is 35.2 Å². The molecule has 1 aromatic heterocycles. The molecule has 1 aliphatic rings. The third-order valence-electron chi connectivity index (χ3n) is 3.45. The maximum absolute atomic E-state index is 12.3. The fourth-order valence-corrected chi connectivity index (χ4v) is 2.46. The predicted molar refractivity (Wildman–Crippen MR) is 65.9 cm³/mol. The number of benzene rings is 1. The average molecular weight is 229 g/mol. The second kappa shape index (κ2) is 3.91. The first-order chi connectivity index (χ1) is 8.25. The van der Waals surface area contributed by atoms with E-state index in [1.165, 1.54) is 0 Å². The normalized spacial score (nSPS) is 20.1. The van der Waals surface area contributed by atoms with Crippen molar-refractivity contribution in [3.8, 4) is 0 Å². The average Bonchev–Trinajstić information content (AvgIpc) is 2.93. The van der Waals surface area contributed by atoms with Crippen LogP contribution in [0.3, 0.4) is 0 Å². The molecule has 1 saturated heterocycles. The van der Waals surface area contributed by atoms with Gasteiger partial charge in [0.05, 0.1) is 0 Å². The Morgan fingerprint density at radius 1 is 1.41 bits per heavy atom. The van der Waals surface area contributed by atoms with Gasteiger partial charge in [0.2, 0.25) is 0 Å². The first-order valence-electron chi connectivity index (χ1n) is 6.05. The van der Waals surface area contributed by atoms with E-state index in [4.69, 9.17) is 4.42 Å². The predicted octanol–water partition coefficient (Wildman–Crippen LogP) is 3.06. The smallest absolute Gasteiger partial charge is 0.289 e. The molecule has 1 aromatic carbocycles. The minimum Gasteiger partial charge on any atom is -0.451 e. The van der Waals surface area contributed by atoms with E-state index >= 15 is 0 Å². The van der Waals surface area contributed by atoms with Crippen molar-refractivity contribution in [1.29, 1.82) is 0 Å². The van der Waals surface area contributed by atoms with E-state index in [-0.39, 0.29) is 5.91 Å². The quantitative estimate of drug-likeness (QED) is 0.753. The van der Waals surface area contributed by atoms with Crippen LogP contribution in [-0.4, -0.2) is 23.4 Å². The molecule has 3 nitrogen and oxygen atoms in total. The van der Waals surface area contributed by atoms with Crippen molar-refractivity contribution < 1.29 is 9.21 Å². The maximum atomic E-state index is 12.3. The zero-order valence-corrected chi connectivity index (χ0v) is 9.85. The summed E-state index contributed by atoms with van der Waals surface area (Å²) >= 11 is 0. The van der Waals surface area contributed by atoms with Crippen molar-refractivity contribution in [3.63, 3.8) is 0 Å². The molecule has 3 rings (SSSR count). The monoisotopic (exact) mass is 229 g/mol. The maximum Gasteiger partial charge on any atom is 0.289 e. The number of nitrogens with zero attached hydrogens (tertiary/aromatic N) is 1. The Hall–Kier alpha value is -1.77. The molecule has 17 heavy (non-hydrogen) atoms. The summed E-state index contributed by atoms with van der Waals surface area (Å²) in [7, 11) is 0. The molecule has 0 aliphatic carbocycles. The van der Waals surface area contributed by atoms with Crippen LogP contribution in [0.5, 0.6) is 0 Å². The third kappa shape index (κ3) is 1.71. The molecule has 1 fully saturated rings. The van der Waals surface area contributed by atoms with Crippen LogP contribution in [0.15, 0.2) is 34.7 Å². The lowest BCUT2D eigenvalue weighted by molar-refractivity contribution is 0.0717. The topological polar surface area (TPSA) is 33.5 Å². The molecule has 0 N–H and O–H groups in total. The SMILES string of the molecule is C[C@H]1CCCN1C(=O)c1cc2ccccc2o1. The summed E-state index contributed by atoms with van der Waals surface area (Å²) in [4.78, 5) is 14.2. The number of carbonyl (C=O) groups excluding carboxylic acids is 1. The third-order valence-corrected chi connectivity index (χ3v) is 3.45. The minimum atomic E-state index is 0.0196. The number of furan rings is 1. The van der Waals surface area contributed by atoms with Gasteiger partial charge in [0.1, 0.15) is 5.58 Å².